The lowest BCUT2D eigenvalue weighted by molar-refractivity contribution is -0.385. The first-order valence-corrected chi connectivity index (χ1v) is 8.88. The zero-order valence-electron chi connectivity index (χ0n) is 16.0. The van der Waals surface area contributed by atoms with Crippen molar-refractivity contribution in [1.29, 1.82) is 0 Å². The van der Waals surface area contributed by atoms with E-state index in [4.69, 9.17) is 9.47 Å². The van der Waals surface area contributed by atoms with E-state index >= 15 is 0 Å². The highest BCUT2D eigenvalue weighted by Gasteiger charge is 2.35. The second-order valence-corrected chi connectivity index (χ2v) is 6.54. The number of amides is 1. The number of nitrogens with zero attached hydrogens (tertiary/aromatic N) is 2. The monoisotopic (exact) mass is 392 g/mol. The molecule has 1 saturated heterocycles. The Morgan fingerprint density at radius 1 is 1.39 bits per heavy atom. The molecule has 0 unspecified atom stereocenters. The summed E-state index contributed by atoms with van der Waals surface area (Å²) in [5.41, 5.74) is 0.142. The molecule has 1 atom stereocenters. The molecule has 0 bridgehead atoms. The molecular formula is C19H24N2O7. The Balaban J connectivity index is 2.33. The third kappa shape index (κ3) is 4.66. The van der Waals surface area contributed by atoms with Crippen LogP contribution in [0.25, 0.3) is 0 Å². The summed E-state index contributed by atoms with van der Waals surface area (Å²) in [6, 6.07) is 1.86. The molecule has 1 fully saturated rings. The van der Waals surface area contributed by atoms with Crippen LogP contribution in [0.2, 0.25) is 0 Å². The van der Waals surface area contributed by atoms with Crippen molar-refractivity contribution in [2.75, 3.05) is 26.9 Å². The molecule has 1 aromatic rings. The molecule has 1 aliphatic rings. The molecule has 2 rings (SSSR count). The summed E-state index contributed by atoms with van der Waals surface area (Å²) >= 11 is 0. The summed E-state index contributed by atoms with van der Waals surface area (Å²) in [6.07, 6.45) is 1.32. The van der Waals surface area contributed by atoms with Crippen molar-refractivity contribution in [3.63, 3.8) is 0 Å². The average Bonchev–Trinajstić information content (AvgIpc) is 3.04. The van der Waals surface area contributed by atoms with E-state index in [0.717, 1.165) is 6.07 Å². The molecule has 9 nitrogen and oxygen atoms in total. The third-order valence-electron chi connectivity index (χ3n) is 4.59. The van der Waals surface area contributed by atoms with Gasteiger partial charge < -0.3 is 24.3 Å². The fourth-order valence-electron chi connectivity index (χ4n) is 3.08. The van der Waals surface area contributed by atoms with Crippen molar-refractivity contribution in [3.05, 3.63) is 40.0 Å². The molecule has 9 heteroatoms. The van der Waals surface area contributed by atoms with E-state index in [1.54, 1.807) is 0 Å². The van der Waals surface area contributed by atoms with Crippen LogP contribution in [0, 0.1) is 10.1 Å². The van der Waals surface area contributed by atoms with Gasteiger partial charge in [0.25, 0.3) is 11.6 Å². The lowest BCUT2D eigenvalue weighted by Crippen LogP contribution is -2.38. The van der Waals surface area contributed by atoms with Gasteiger partial charge in [0.05, 0.1) is 37.4 Å². The number of nitro benzene ring substituents is 1. The topological polar surface area (TPSA) is 119 Å². The number of aliphatic hydroxyl groups excluding tert-OH is 1. The summed E-state index contributed by atoms with van der Waals surface area (Å²) in [4.78, 5) is 36.2. The number of ketones is 1. The molecule has 1 amide bonds. The minimum atomic E-state index is -0.659. The predicted octanol–water partition coefficient (Wildman–Crippen LogP) is 2.11. The summed E-state index contributed by atoms with van der Waals surface area (Å²) in [5, 5.41) is 21.1. The molecule has 0 radical (unpaired) electrons. The largest absolute Gasteiger partial charge is 0.493 e. The van der Waals surface area contributed by atoms with Gasteiger partial charge in [-0.25, -0.2) is 0 Å². The highest BCUT2D eigenvalue weighted by molar-refractivity contribution is 5.99. The van der Waals surface area contributed by atoms with Crippen LogP contribution in [0.1, 0.15) is 36.5 Å². The number of ether oxygens (including phenoxy) is 2. The van der Waals surface area contributed by atoms with Crippen LogP contribution in [-0.2, 0) is 4.79 Å². The maximum Gasteiger partial charge on any atom is 0.286 e. The molecule has 1 N–H and O–H groups in total. The van der Waals surface area contributed by atoms with Crippen molar-refractivity contribution >= 4 is 17.4 Å². The van der Waals surface area contributed by atoms with Gasteiger partial charge in [-0.1, -0.05) is 12.2 Å². The zero-order chi connectivity index (χ0) is 20.8. The summed E-state index contributed by atoms with van der Waals surface area (Å²) in [7, 11) is 1.37. The molecule has 0 aliphatic carbocycles. The van der Waals surface area contributed by atoms with E-state index in [9.17, 15) is 24.8 Å². The second-order valence-electron chi connectivity index (χ2n) is 6.54. The van der Waals surface area contributed by atoms with Crippen LogP contribution in [0.4, 0.5) is 5.69 Å². The number of benzene rings is 1. The van der Waals surface area contributed by atoms with E-state index in [1.165, 1.54) is 25.0 Å². The summed E-state index contributed by atoms with van der Waals surface area (Å²) < 4.78 is 10.8. The number of hydrogen-bond donors (Lipinski definition) is 1. The van der Waals surface area contributed by atoms with Gasteiger partial charge in [0, 0.05) is 19.0 Å². The highest BCUT2D eigenvalue weighted by atomic mass is 16.6. The Morgan fingerprint density at radius 2 is 2.11 bits per heavy atom. The third-order valence-corrected chi connectivity index (χ3v) is 4.59. The van der Waals surface area contributed by atoms with Gasteiger partial charge in [0.2, 0.25) is 0 Å². The van der Waals surface area contributed by atoms with Gasteiger partial charge in [0.1, 0.15) is 11.3 Å². The van der Waals surface area contributed by atoms with Crippen LogP contribution in [0.3, 0.4) is 0 Å². The molecule has 28 heavy (non-hydrogen) atoms. The SMILES string of the molecule is C=C1CCN(C(=O)c2cc(OC)c(OCCCC(C)=O)cc2[N+](=O)[O-])[C@H]1CO. The molecule has 1 aliphatic heterocycles. The first-order chi connectivity index (χ1) is 13.3. The quantitative estimate of drug-likeness (QED) is 0.296. The summed E-state index contributed by atoms with van der Waals surface area (Å²) in [5.74, 6) is -0.256. The van der Waals surface area contributed by atoms with Gasteiger partial charge >= 0.3 is 0 Å². The average molecular weight is 392 g/mol. The standard InChI is InChI=1S/C19H24N2O7/c1-12-6-7-20(16(12)11-22)19(24)14-9-17(27-3)18(10-15(14)21(25)26)28-8-4-5-13(2)23/h9-10,16,22H,1,4-8,11H2,2-3H3/t16-/m0/s1. The molecule has 152 valence electrons. The minimum Gasteiger partial charge on any atom is -0.493 e. The Bertz CT molecular complexity index is 791. The number of rotatable bonds is 9. The Morgan fingerprint density at radius 3 is 2.68 bits per heavy atom. The van der Waals surface area contributed by atoms with Crippen molar-refractivity contribution in [2.24, 2.45) is 0 Å². The Kier molecular flexibility index (Phi) is 7.11. The molecule has 0 aromatic heterocycles. The second kappa shape index (κ2) is 9.32. The first kappa shape index (κ1) is 21.4. The normalized spacial score (nSPS) is 16.2. The van der Waals surface area contributed by atoms with E-state index < -0.39 is 22.6 Å². The van der Waals surface area contributed by atoms with Crippen molar-refractivity contribution < 1.29 is 29.1 Å². The highest BCUT2D eigenvalue weighted by Crippen LogP contribution is 2.36. The minimum absolute atomic E-state index is 0.0214. The first-order valence-electron chi connectivity index (χ1n) is 8.88. The zero-order valence-corrected chi connectivity index (χ0v) is 16.0. The van der Waals surface area contributed by atoms with Gasteiger partial charge in [-0.15, -0.1) is 0 Å². The molecule has 1 heterocycles. The van der Waals surface area contributed by atoms with Crippen LogP contribution < -0.4 is 9.47 Å². The lowest BCUT2D eigenvalue weighted by Gasteiger charge is -2.23. The van der Waals surface area contributed by atoms with Gasteiger partial charge in [0.15, 0.2) is 11.5 Å². The Labute approximate surface area is 162 Å². The number of carbonyl (C=O) groups is 2. The van der Waals surface area contributed by atoms with Crippen molar-refractivity contribution in [2.45, 2.75) is 32.2 Å². The van der Waals surface area contributed by atoms with E-state index in [2.05, 4.69) is 6.58 Å². The lowest BCUT2D eigenvalue weighted by atomic mass is 10.1. The predicted molar refractivity (Wildman–Crippen MR) is 101 cm³/mol. The van der Waals surface area contributed by atoms with Gasteiger partial charge in [-0.05, 0) is 19.8 Å². The number of hydrogen-bond acceptors (Lipinski definition) is 7. The van der Waals surface area contributed by atoms with Crippen LogP contribution >= 0.6 is 0 Å². The number of aliphatic hydroxyl groups is 1. The van der Waals surface area contributed by atoms with E-state index in [0.29, 0.717) is 31.4 Å². The smallest absolute Gasteiger partial charge is 0.286 e. The summed E-state index contributed by atoms with van der Waals surface area (Å²) in [6.45, 7) is 5.51. The Hall–Kier alpha value is -2.94. The number of carbonyl (C=O) groups excluding carboxylic acids is 2. The molecular weight excluding hydrogens is 368 g/mol. The molecule has 0 saturated carbocycles. The fourth-order valence-corrected chi connectivity index (χ4v) is 3.08. The molecule has 0 spiro atoms. The van der Waals surface area contributed by atoms with Crippen molar-refractivity contribution in [3.8, 4) is 11.5 Å². The maximum atomic E-state index is 12.9. The number of nitro groups is 1. The number of likely N-dealkylation sites (tertiary alicyclic amines) is 1. The maximum absolute atomic E-state index is 12.9. The fraction of sp³-hybridized carbons (Fsp3) is 0.474. The van der Waals surface area contributed by atoms with Gasteiger partial charge in [-0.3, -0.25) is 14.9 Å². The van der Waals surface area contributed by atoms with Crippen LogP contribution in [0.15, 0.2) is 24.3 Å². The number of methoxy groups -OCH3 is 1. The number of Topliss-reactive ketones (excluding diaryl/α,β-unsaturated/α-hetero) is 1. The van der Waals surface area contributed by atoms with E-state index in [1.807, 2.05) is 0 Å². The van der Waals surface area contributed by atoms with Crippen LogP contribution in [-0.4, -0.2) is 59.5 Å². The van der Waals surface area contributed by atoms with Crippen molar-refractivity contribution in [1.82, 2.24) is 4.90 Å². The van der Waals surface area contributed by atoms with E-state index in [-0.39, 0.29) is 36.1 Å². The molecule has 1 aromatic carbocycles. The van der Waals surface area contributed by atoms with Crippen LogP contribution in [0.5, 0.6) is 11.5 Å². The van der Waals surface area contributed by atoms with Gasteiger partial charge in [-0.2, -0.15) is 0 Å².